The zero-order valence-electron chi connectivity index (χ0n) is 10.1. The van der Waals surface area contributed by atoms with E-state index in [0.29, 0.717) is 0 Å². The summed E-state index contributed by atoms with van der Waals surface area (Å²) in [4.78, 5) is 0. The van der Waals surface area contributed by atoms with Crippen molar-refractivity contribution in [3.8, 4) is 0 Å². The zero-order chi connectivity index (χ0) is 11.6. The lowest BCUT2D eigenvalue weighted by molar-refractivity contribution is 0.311. The van der Waals surface area contributed by atoms with E-state index in [1.54, 1.807) is 0 Å². The largest absolute Gasteiger partial charge is 0.313 e. The third-order valence-corrected chi connectivity index (χ3v) is 3.87. The average Bonchev–Trinajstić information content (AvgIpc) is 2.15. The van der Waals surface area contributed by atoms with Crippen molar-refractivity contribution in [3.05, 3.63) is 34.9 Å². The van der Waals surface area contributed by atoms with Crippen LogP contribution >= 0.6 is 11.6 Å². The van der Waals surface area contributed by atoms with Gasteiger partial charge in [-0.2, -0.15) is 0 Å². The fourth-order valence-electron chi connectivity index (χ4n) is 2.12. The SMILES string of the molecule is CC(C)(CNC1CCC1)c1ccccc1Cl. The molecular weight excluding hydrogens is 218 g/mol. The molecule has 0 aliphatic heterocycles. The molecule has 0 unspecified atom stereocenters. The van der Waals surface area contributed by atoms with Gasteiger partial charge < -0.3 is 5.32 Å². The van der Waals surface area contributed by atoms with Gasteiger partial charge in [0.1, 0.15) is 0 Å². The average molecular weight is 238 g/mol. The summed E-state index contributed by atoms with van der Waals surface area (Å²) in [5, 5.41) is 4.50. The highest BCUT2D eigenvalue weighted by Gasteiger charge is 2.25. The molecule has 2 rings (SSSR count). The van der Waals surface area contributed by atoms with Gasteiger partial charge in [0.15, 0.2) is 0 Å². The second-order valence-electron chi connectivity index (χ2n) is 5.37. The molecule has 0 radical (unpaired) electrons. The van der Waals surface area contributed by atoms with Gasteiger partial charge in [0, 0.05) is 23.0 Å². The maximum atomic E-state index is 6.24. The van der Waals surface area contributed by atoms with Crippen molar-refractivity contribution in [1.82, 2.24) is 5.32 Å². The first-order valence-electron chi connectivity index (χ1n) is 6.08. The van der Waals surface area contributed by atoms with Crippen LogP contribution in [0, 0.1) is 0 Å². The van der Waals surface area contributed by atoms with E-state index in [1.165, 1.54) is 24.8 Å². The third kappa shape index (κ3) is 2.58. The van der Waals surface area contributed by atoms with Crippen molar-refractivity contribution in [2.45, 2.75) is 44.6 Å². The molecule has 1 nitrogen and oxygen atoms in total. The monoisotopic (exact) mass is 237 g/mol. The van der Waals surface area contributed by atoms with Gasteiger partial charge >= 0.3 is 0 Å². The normalized spacial score (nSPS) is 17.2. The molecule has 1 saturated carbocycles. The Morgan fingerprint density at radius 2 is 2.00 bits per heavy atom. The van der Waals surface area contributed by atoms with Crippen LogP contribution in [-0.4, -0.2) is 12.6 Å². The van der Waals surface area contributed by atoms with Crippen molar-refractivity contribution in [2.75, 3.05) is 6.54 Å². The molecule has 1 aliphatic rings. The maximum absolute atomic E-state index is 6.24. The maximum Gasteiger partial charge on any atom is 0.0443 e. The summed E-state index contributed by atoms with van der Waals surface area (Å²) in [5.41, 5.74) is 1.34. The quantitative estimate of drug-likeness (QED) is 0.841. The molecule has 0 bridgehead atoms. The van der Waals surface area contributed by atoms with E-state index in [-0.39, 0.29) is 5.41 Å². The van der Waals surface area contributed by atoms with Gasteiger partial charge in [-0.25, -0.2) is 0 Å². The highest BCUT2D eigenvalue weighted by molar-refractivity contribution is 6.31. The molecule has 1 aromatic rings. The van der Waals surface area contributed by atoms with E-state index in [0.717, 1.165) is 17.6 Å². The van der Waals surface area contributed by atoms with Crippen molar-refractivity contribution in [2.24, 2.45) is 0 Å². The van der Waals surface area contributed by atoms with E-state index < -0.39 is 0 Å². The van der Waals surface area contributed by atoms with Gasteiger partial charge in [-0.1, -0.05) is 50.1 Å². The molecule has 1 N–H and O–H groups in total. The molecular formula is C14H20ClN. The molecule has 1 fully saturated rings. The van der Waals surface area contributed by atoms with Crippen LogP contribution in [0.4, 0.5) is 0 Å². The minimum absolute atomic E-state index is 0.105. The Hall–Kier alpha value is -0.530. The lowest BCUT2D eigenvalue weighted by Crippen LogP contribution is -2.42. The smallest absolute Gasteiger partial charge is 0.0443 e. The molecule has 88 valence electrons. The predicted molar refractivity (Wildman–Crippen MR) is 70.1 cm³/mol. The van der Waals surface area contributed by atoms with E-state index in [4.69, 9.17) is 11.6 Å². The van der Waals surface area contributed by atoms with E-state index in [1.807, 2.05) is 12.1 Å². The van der Waals surface area contributed by atoms with Crippen LogP contribution in [0.5, 0.6) is 0 Å². The number of halogens is 1. The molecule has 1 aliphatic carbocycles. The molecule has 0 atom stereocenters. The van der Waals surface area contributed by atoms with Crippen LogP contribution in [0.3, 0.4) is 0 Å². The van der Waals surface area contributed by atoms with Crippen LogP contribution in [-0.2, 0) is 5.41 Å². The van der Waals surface area contributed by atoms with Crippen molar-refractivity contribution in [1.29, 1.82) is 0 Å². The van der Waals surface area contributed by atoms with Crippen molar-refractivity contribution < 1.29 is 0 Å². The Bertz CT molecular complexity index is 356. The lowest BCUT2D eigenvalue weighted by atomic mass is 9.83. The van der Waals surface area contributed by atoms with Crippen LogP contribution in [0.15, 0.2) is 24.3 Å². The predicted octanol–water partition coefficient (Wildman–Crippen LogP) is 3.76. The van der Waals surface area contributed by atoms with E-state index >= 15 is 0 Å². The number of benzene rings is 1. The van der Waals surface area contributed by atoms with E-state index in [2.05, 4.69) is 31.3 Å². The van der Waals surface area contributed by atoms with Gasteiger partial charge in [0.25, 0.3) is 0 Å². The summed E-state index contributed by atoms with van der Waals surface area (Å²) in [7, 11) is 0. The summed E-state index contributed by atoms with van der Waals surface area (Å²) in [6, 6.07) is 8.89. The van der Waals surface area contributed by atoms with Gasteiger partial charge in [-0.3, -0.25) is 0 Å². The lowest BCUT2D eigenvalue weighted by Gasteiger charge is -2.33. The third-order valence-electron chi connectivity index (χ3n) is 3.54. The minimum atomic E-state index is 0.105. The van der Waals surface area contributed by atoms with Crippen LogP contribution in [0.2, 0.25) is 5.02 Å². The topological polar surface area (TPSA) is 12.0 Å². The Labute approximate surface area is 103 Å². The molecule has 0 aromatic heterocycles. The standard InChI is InChI=1S/C14H20ClN/c1-14(2,10-16-11-6-5-7-11)12-8-3-4-9-13(12)15/h3-4,8-9,11,16H,5-7,10H2,1-2H3. The molecule has 0 saturated heterocycles. The summed E-state index contributed by atoms with van der Waals surface area (Å²) in [6.45, 7) is 5.50. The Kier molecular flexibility index (Phi) is 3.56. The number of hydrogen-bond donors (Lipinski definition) is 1. The zero-order valence-corrected chi connectivity index (χ0v) is 10.8. The number of rotatable bonds is 4. The molecule has 2 heteroatoms. The van der Waals surface area contributed by atoms with Crippen LogP contribution in [0.1, 0.15) is 38.7 Å². The second-order valence-corrected chi connectivity index (χ2v) is 5.78. The molecule has 0 heterocycles. The molecule has 16 heavy (non-hydrogen) atoms. The Morgan fingerprint density at radius 3 is 2.56 bits per heavy atom. The summed E-state index contributed by atoms with van der Waals surface area (Å²) < 4.78 is 0. The van der Waals surface area contributed by atoms with Gasteiger partial charge in [-0.15, -0.1) is 0 Å². The fraction of sp³-hybridized carbons (Fsp3) is 0.571. The first-order valence-corrected chi connectivity index (χ1v) is 6.46. The first-order chi connectivity index (χ1) is 7.59. The van der Waals surface area contributed by atoms with Gasteiger partial charge in [-0.05, 0) is 24.5 Å². The first kappa shape index (κ1) is 11.9. The highest BCUT2D eigenvalue weighted by Crippen LogP contribution is 2.30. The number of hydrogen-bond acceptors (Lipinski definition) is 1. The van der Waals surface area contributed by atoms with E-state index in [9.17, 15) is 0 Å². The Morgan fingerprint density at radius 1 is 1.31 bits per heavy atom. The molecule has 0 spiro atoms. The highest BCUT2D eigenvalue weighted by atomic mass is 35.5. The number of nitrogens with one attached hydrogen (secondary N) is 1. The van der Waals surface area contributed by atoms with Gasteiger partial charge in [0.2, 0.25) is 0 Å². The summed E-state index contributed by atoms with van der Waals surface area (Å²) >= 11 is 6.24. The van der Waals surface area contributed by atoms with Crippen molar-refractivity contribution >= 4 is 11.6 Å². The summed E-state index contributed by atoms with van der Waals surface area (Å²) in [5.74, 6) is 0. The van der Waals surface area contributed by atoms with Crippen molar-refractivity contribution in [3.63, 3.8) is 0 Å². The fourth-order valence-corrected chi connectivity index (χ4v) is 2.51. The molecule has 1 aromatic carbocycles. The Balaban J connectivity index is 2.02. The second kappa shape index (κ2) is 4.77. The van der Waals surface area contributed by atoms with Crippen LogP contribution < -0.4 is 5.32 Å². The summed E-state index contributed by atoms with van der Waals surface area (Å²) in [6.07, 6.45) is 4.04. The minimum Gasteiger partial charge on any atom is -0.313 e. The van der Waals surface area contributed by atoms with Crippen LogP contribution in [0.25, 0.3) is 0 Å². The molecule has 0 amide bonds. The van der Waals surface area contributed by atoms with Gasteiger partial charge in [0.05, 0.1) is 0 Å².